The summed E-state index contributed by atoms with van der Waals surface area (Å²) in [6.07, 6.45) is 0. The molecule has 15 heavy (non-hydrogen) atoms. The van der Waals surface area contributed by atoms with Crippen LogP contribution in [-0.2, 0) is 0 Å². The highest BCUT2D eigenvalue weighted by Gasteiger charge is 2.08. The number of hydrogen-bond donors (Lipinski definition) is 1. The van der Waals surface area contributed by atoms with Crippen molar-refractivity contribution in [3.63, 3.8) is 0 Å². The average molecular weight is 206 g/mol. The van der Waals surface area contributed by atoms with Crippen molar-refractivity contribution in [1.82, 2.24) is 0 Å². The Labute approximate surface area is 85.7 Å². The molecule has 0 amide bonds. The van der Waals surface area contributed by atoms with E-state index in [4.69, 9.17) is 9.15 Å². The van der Waals surface area contributed by atoms with Gasteiger partial charge in [0.1, 0.15) is 17.1 Å². The molecule has 2 rings (SSSR count). The predicted molar refractivity (Wildman–Crippen MR) is 55.4 cm³/mol. The SMILES string of the molecule is COc1cc(C)c2c(O)cc(=O)oc2c1. The molecule has 0 saturated carbocycles. The van der Waals surface area contributed by atoms with Crippen LogP contribution in [0.3, 0.4) is 0 Å². The summed E-state index contributed by atoms with van der Waals surface area (Å²) in [6, 6.07) is 4.40. The van der Waals surface area contributed by atoms with Crippen molar-refractivity contribution in [2.75, 3.05) is 7.11 Å². The summed E-state index contributed by atoms with van der Waals surface area (Å²) in [5.74, 6) is 0.523. The molecule has 0 aliphatic rings. The normalized spacial score (nSPS) is 10.5. The number of benzene rings is 1. The molecule has 0 aliphatic carbocycles. The third kappa shape index (κ3) is 1.54. The molecule has 0 aliphatic heterocycles. The first-order valence-electron chi connectivity index (χ1n) is 4.43. The van der Waals surface area contributed by atoms with Crippen LogP contribution in [0.1, 0.15) is 5.56 Å². The van der Waals surface area contributed by atoms with Gasteiger partial charge in [-0.05, 0) is 18.6 Å². The lowest BCUT2D eigenvalue weighted by molar-refractivity contribution is 0.413. The van der Waals surface area contributed by atoms with Crippen molar-refractivity contribution in [2.24, 2.45) is 0 Å². The summed E-state index contributed by atoms with van der Waals surface area (Å²) in [4.78, 5) is 11.0. The maximum Gasteiger partial charge on any atom is 0.339 e. The number of ether oxygens (including phenoxy) is 1. The standard InChI is InChI=1S/C11H10O4/c1-6-3-7(14-2)4-9-11(6)8(12)5-10(13)15-9/h3-5,12H,1-2H3. The lowest BCUT2D eigenvalue weighted by atomic mass is 10.1. The molecule has 0 atom stereocenters. The fourth-order valence-corrected chi connectivity index (χ4v) is 1.57. The van der Waals surface area contributed by atoms with Crippen molar-refractivity contribution in [3.05, 3.63) is 34.2 Å². The van der Waals surface area contributed by atoms with Crippen LogP contribution in [0.25, 0.3) is 11.0 Å². The van der Waals surface area contributed by atoms with Gasteiger partial charge in [-0.15, -0.1) is 0 Å². The second kappa shape index (κ2) is 3.31. The average Bonchev–Trinajstić information content (AvgIpc) is 2.15. The van der Waals surface area contributed by atoms with E-state index >= 15 is 0 Å². The summed E-state index contributed by atoms with van der Waals surface area (Å²) < 4.78 is 10.0. The Bertz CT molecular complexity index is 569. The highest BCUT2D eigenvalue weighted by Crippen LogP contribution is 2.29. The maximum atomic E-state index is 11.0. The van der Waals surface area contributed by atoms with Gasteiger partial charge in [0.25, 0.3) is 0 Å². The third-order valence-electron chi connectivity index (χ3n) is 2.23. The van der Waals surface area contributed by atoms with Gasteiger partial charge in [0, 0.05) is 6.07 Å². The first kappa shape index (κ1) is 9.58. The molecule has 0 bridgehead atoms. The van der Waals surface area contributed by atoms with Crippen molar-refractivity contribution in [1.29, 1.82) is 0 Å². The number of rotatable bonds is 1. The lowest BCUT2D eigenvalue weighted by Gasteiger charge is -2.05. The van der Waals surface area contributed by atoms with Crippen LogP contribution in [0.2, 0.25) is 0 Å². The third-order valence-corrected chi connectivity index (χ3v) is 2.23. The molecule has 0 spiro atoms. The Morgan fingerprint density at radius 3 is 2.73 bits per heavy atom. The molecule has 1 N–H and O–H groups in total. The molecule has 2 aromatic rings. The number of aryl methyl sites for hydroxylation is 1. The minimum absolute atomic E-state index is 0.0681. The van der Waals surface area contributed by atoms with E-state index in [2.05, 4.69) is 0 Å². The second-order valence-electron chi connectivity index (χ2n) is 3.27. The molecule has 0 radical (unpaired) electrons. The molecular weight excluding hydrogens is 196 g/mol. The number of methoxy groups -OCH3 is 1. The Morgan fingerprint density at radius 2 is 2.07 bits per heavy atom. The summed E-state index contributed by atoms with van der Waals surface area (Å²) in [5, 5.41) is 10.1. The molecule has 0 fully saturated rings. The van der Waals surface area contributed by atoms with E-state index in [9.17, 15) is 9.90 Å². The molecule has 4 nitrogen and oxygen atoms in total. The Hall–Kier alpha value is -1.97. The molecule has 1 aromatic carbocycles. The van der Waals surface area contributed by atoms with Gasteiger partial charge in [-0.1, -0.05) is 0 Å². The van der Waals surface area contributed by atoms with Gasteiger partial charge in [0.15, 0.2) is 0 Å². The van der Waals surface area contributed by atoms with Crippen LogP contribution < -0.4 is 10.4 Å². The van der Waals surface area contributed by atoms with E-state index in [1.165, 1.54) is 7.11 Å². The highest BCUT2D eigenvalue weighted by molar-refractivity contribution is 5.87. The maximum absolute atomic E-state index is 11.0. The topological polar surface area (TPSA) is 59.7 Å². The largest absolute Gasteiger partial charge is 0.507 e. The van der Waals surface area contributed by atoms with Crippen LogP contribution in [-0.4, -0.2) is 12.2 Å². The smallest absolute Gasteiger partial charge is 0.339 e. The molecule has 78 valence electrons. The number of fused-ring (bicyclic) bond motifs is 1. The zero-order valence-corrected chi connectivity index (χ0v) is 8.40. The second-order valence-corrected chi connectivity index (χ2v) is 3.27. The fourth-order valence-electron chi connectivity index (χ4n) is 1.57. The van der Waals surface area contributed by atoms with Crippen LogP contribution in [0.15, 0.2) is 27.4 Å². The monoisotopic (exact) mass is 206 g/mol. The minimum Gasteiger partial charge on any atom is -0.507 e. The number of aromatic hydroxyl groups is 1. The van der Waals surface area contributed by atoms with Gasteiger partial charge < -0.3 is 14.3 Å². The van der Waals surface area contributed by atoms with E-state index in [1.54, 1.807) is 12.1 Å². The van der Waals surface area contributed by atoms with Gasteiger partial charge in [0.2, 0.25) is 0 Å². The van der Waals surface area contributed by atoms with Crippen LogP contribution >= 0.6 is 0 Å². The van der Waals surface area contributed by atoms with Gasteiger partial charge >= 0.3 is 5.63 Å². The Kier molecular flexibility index (Phi) is 2.11. The van der Waals surface area contributed by atoms with Gasteiger partial charge in [-0.25, -0.2) is 4.79 Å². The molecule has 0 unspecified atom stereocenters. The van der Waals surface area contributed by atoms with E-state index in [-0.39, 0.29) is 5.75 Å². The lowest BCUT2D eigenvalue weighted by Crippen LogP contribution is -1.97. The molecule has 1 aromatic heterocycles. The van der Waals surface area contributed by atoms with E-state index in [0.717, 1.165) is 11.6 Å². The molecule has 4 heteroatoms. The van der Waals surface area contributed by atoms with Gasteiger partial charge in [-0.3, -0.25) is 0 Å². The first-order chi connectivity index (χ1) is 7.11. The first-order valence-corrected chi connectivity index (χ1v) is 4.43. The minimum atomic E-state index is -0.576. The van der Waals surface area contributed by atoms with E-state index < -0.39 is 5.63 Å². The Balaban J connectivity index is 2.91. The molecular formula is C11H10O4. The van der Waals surface area contributed by atoms with Crippen molar-refractivity contribution >= 4 is 11.0 Å². The zero-order valence-electron chi connectivity index (χ0n) is 8.40. The fraction of sp³-hybridized carbons (Fsp3) is 0.182. The number of hydrogen-bond acceptors (Lipinski definition) is 4. The summed E-state index contributed by atoms with van der Waals surface area (Å²) in [7, 11) is 1.53. The molecule has 1 heterocycles. The summed E-state index contributed by atoms with van der Waals surface area (Å²) in [6.45, 7) is 1.81. The summed E-state index contributed by atoms with van der Waals surface area (Å²) in [5.41, 5.74) is 0.551. The van der Waals surface area contributed by atoms with E-state index in [0.29, 0.717) is 16.7 Å². The van der Waals surface area contributed by atoms with Gasteiger partial charge in [-0.2, -0.15) is 0 Å². The quantitative estimate of drug-likeness (QED) is 0.723. The zero-order chi connectivity index (χ0) is 11.0. The summed E-state index contributed by atoms with van der Waals surface area (Å²) >= 11 is 0. The Morgan fingerprint density at radius 1 is 1.33 bits per heavy atom. The van der Waals surface area contributed by atoms with Crippen molar-refractivity contribution in [3.8, 4) is 11.5 Å². The van der Waals surface area contributed by atoms with Crippen LogP contribution in [0.4, 0.5) is 0 Å². The van der Waals surface area contributed by atoms with Gasteiger partial charge in [0.05, 0.1) is 18.6 Å². The van der Waals surface area contributed by atoms with Crippen LogP contribution in [0.5, 0.6) is 11.5 Å². The highest BCUT2D eigenvalue weighted by atomic mass is 16.5. The van der Waals surface area contributed by atoms with E-state index in [1.807, 2.05) is 6.92 Å². The van der Waals surface area contributed by atoms with Crippen LogP contribution in [0, 0.1) is 6.92 Å². The molecule has 0 saturated heterocycles. The van der Waals surface area contributed by atoms with Crippen molar-refractivity contribution in [2.45, 2.75) is 6.92 Å². The predicted octanol–water partition coefficient (Wildman–Crippen LogP) is 1.82. The van der Waals surface area contributed by atoms with Crippen molar-refractivity contribution < 1.29 is 14.3 Å².